The Morgan fingerprint density at radius 1 is 1.11 bits per heavy atom. The van der Waals surface area contributed by atoms with Crippen molar-refractivity contribution in [1.82, 2.24) is 4.31 Å². The number of nitrogens with one attached hydrogen (secondary N) is 1. The lowest BCUT2D eigenvalue weighted by Crippen LogP contribution is -2.30. The van der Waals surface area contributed by atoms with Crippen molar-refractivity contribution in [3.63, 3.8) is 0 Å². The lowest BCUT2D eigenvalue weighted by atomic mass is 10.2. The van der Waals surface area contributed by atoms with E-state index in [0.717, 1.165) is 10.5 Å². The van der Waals surface area contributed by atoms with E-state index in [1.807, 2.05) is 30.5 Å². The van der Waals surface area contributed by atoms with Gasteiger partial charge in [0.1, 0.15) is 0 Å². The maximum Gasteiger partial charge on any atom is 0.248 e. The molecule has 0 saturated carbocycles. The fourth-order valence-corrected chi connectivity index (χ4v) is 4.43. The van der Waals surface area contributed by atoms with Gasteiger partial charge in [0, 0.05) is 29.7 Å². The Kier molecular flexibility index (Phi) is 7.65. The van der Waals surface area contributed by atoms with Gasteiger partial charge in [-0.2, -0.15) is 4.31 Å². The van der Waals surface area contributed by atoms with Gasteiger partial charge in [0.2, 0.25) is 15.9 Å². The van der Waals surface area contributed by atoms with Crippen molar-refractivity contribution >= 4 is 39.5 Å². The second kappa shape index (κ2) is 9.73. The fraction of sp³-hybridized carbons (Fsp3) is 0.250. The molecular formula is C20H24N2O3S2. The minimum Gasteiger partial charge on any atom is -0.322 e. The lowest BCUT2D eigenvalue weighted by Gasteiger charge is -2.18. The minimum absolute atomic E-state index is 0.167. The van der Waals surface area contributed by atoms with Crippen LogP contribution in [0.4, 0.5) is 5.69 Å². The van der Waals surface area contributed by atoms with E-state index in [-0.39, 0.29) is 10.8 Å². The van der Waals surface area contributed by atoms with Gasteiger partial charge in [-0.15, -0.1) is 11.8 Å². The highest BCUT2D eigenvalue weighted by Gasteiger charge is 2.21. The molecule has 0 atom stereocenters. The number of sulfonamides is 1. The predicted molar refractivity (Wildman–Crippen MR) is 112 cm³/mol. The second-order valence-electron chi connectivity index (χ2n) is 5.71. The second-order valence-corrected chi connectivity index (χ2v) is 8.53. The highest BCUT2D eigenvalue weighted by molar-refractivity contribution is 7.98. The van der Waals surface area contributed by atoms with Gasteiger partial charge in [-0.1, -0.05) is 32.0 Å². The third-order valence-corrected chi connectivity index (χ3v) is 6.78. The number of rotatable bonds is 8. The van der Waals surface area contributed by atoms with Crippen molar-refractivity contribution in [3.05, 3.63) is 60.2 Å². The van der Waals surface area contributed by atoms with Gasteiger partial charge in [-0.3, -0.25) is 4.79 Å². The molecule has 2 aromatic carbocycles. The van der Waals surface area contributed by atoms with E-state index in [2.05, 4.69) is 5.32 Å². The average Bonchev–Trinajstić information content (AvgIpc) is 2.67. The van der Waals surface area contributed by atoms with E-state index in [1.165, 1.54) is 22.5 Å². The van der Waals surface area contributed by atoms with Crippen molar-refractivity contribution in [3.8, 4) is 0 Å². The fourth-order valence-electron chi connectivity index (χ4n) is 2.52. The number of benzene rings is 2. The molecule has 0 unspecified atom stereocenters. The number of anilines is 1. The van der Waals surface area contributed by atoms with Crippen LogP contribution in [0.1, 0.15) is 19.4 Å². The zero-order valence-electron chi connectivity index (χ0n) is 15.7. The summed E-state index contributed by atoms with van der Waals surface area (Å²) in [7, 11) is -3.56. The summed E-state index contributed by atoms with van der Waals surface area (Å²) in [5, 5.41) is 2.71. The van der Waals surface area contributed by atoms with Crippen molar-refractivity contribution in [2.75, 3.05) is 24.7 Å². The Balaban J connectivity index is 2.11. The maximum atomic E-state index is 12.6. The molecule has 0 fully saturated rings. The first kappa shape index (κ1) is 21.2. The highest BCUT2D eigenvalue weighted by Crippen LogP contribution is 2.20. The van der Waals surface area contributed by atoms with Crippen molar-refractivity contribution in [1.29, 1.82) is 0 Å². The van der Waals surface area contributed by atoms with Gasteiger partial charge in [0.05, 0.1) is 4.90 Å². The number of nitrogens with zero attached hydrogens (tertiary/aromatic N) is 1. The van der Waals surface area contributed by atoms with Gasteiger partial charge >= 0.3 is 0 Å². The number of carbonyl (C=O) groups excluding carboxylic acids is 1. The molecule has 0 aliphatic rings. The summed E-state index contributed by atoms with van der Waals surface area (Å²) < 4.78 is 26.6. The molecule has 0 spiro atoms. The smallest absolute Gasteiger partial charge is 0.248 e. The van der Waals surface area contributed by atoms with Crippen LogP contribution >= 0.6 is 11.8 Å². The zero-order chi connectivity index (χ0) is 19.9. The van der Waals surface area contributed by atoms with Gasteiger partial charge in [0.25, 0.3) is 0 Å². The molecule has 27 heavy (non-hydrogen) atoms. The Bertz CT molecular complexity index is 903. The molecule has 2 rings (SSSR count). The normalized spacial score (nSPS) is 11.9. The molecule has 0 saturated heterocycles. The van der Waals surface area contributed by atoms with Crippen LogP contribution in [0.15, 0.2) is 64.4 Å². The first-order valence-electron chi connectivity index (χ1n) is 8.64. The van der Waals surface area contributed by atoms with Gasteiger partial charge in [-0.05, 0) is 48.2 Å². The van der Waals surface area contributed by atoms with E-state index < -0.39 is 10.0 Å². The monoisotopic (exact) mass is 404 g/mol. The molecule has 0 aliphatic heterocycles. The van der Waals surface area contributed by atoms with E-state index in [4.69, 9.17) is 0 Å². The quantitative estimate of drug-likeness (QED) is 0.532. The number of carbonyl (C=O) groups is 1. The summed E-state index contributed by atoms with van der Waals surface area (Å²) in [4.78, 5) is 13.5. The molecule has 2 aromatic rings. The highest BCUT2D eigenvalue weighted by atomic mass is 32.2. The van der Waals surface area contributed by atoms with Crippen LogP contribution in [0.25, 0.3) is 6.08 Å². The van der Waals surface area contributed by atoms with Crippen LogP contribution in [0, 0.1) is 0 Å². The predicted octanol–water partition coefficient (Wildman–Crippen LogP) is 4.09. The molecule has 7 heteroatoms. The van der Waals surface area contributed by atoms with Crippen LogP contribution in [0.3, 0.4) is 0 Å². The van der Waals surface area contributed by atoms with Gasteiger partial charge < -0.3 is 5.32 Å². The lowest BCUT2D eigenvalue weighted by molar-refractivity contribution is -0.111. The molecule has 0 bridgehead atoms. The Labute approximate surface area is 165 Å². The molecule has 144 valence electrons. The Morgan fingerprint density at radius 2 is 1.78 bits per heavy atom. The maximum absolute atomic E-state index is 12.6. The topological polar surface area (TPSA) is 66.5 Å². The van der Waals surface area contributed by atoms with Crippen LogP contribution in [-0.2, 0) is 14.8 Å². The van der Waals surface area contributed by atoms with Crippen molar-refractivity contribution < 1.29 is 13.2 Å². The molecular weight excluding hydrogens is 380 g/mol. The van der Waals surface area contributed by atoms with E-state index in [0.29, 0.717) is 18.8 Å². The number of hydrogen-bond acceptors (Lipinski definition) is 4. The van der Waals surface area contributed by atoms with Crippen molar-refractivity contribution in [2.45, 2.75) is 23.6 Å². The summed E-state index contributed by atoms with van der Waals surface area (Å²) in [5.41, 5.74) is 1.36. The molecule has 5 nitrogen and oxygen atoms in total. The molecule has 1 amide bonds. The summed E-state index contributed by atoms with van der Waals surface area (Å²) in [6.07, 6.45) is 5.16. The van der Waals surface area contributed by atoms with Crippen LogP contribution < -0.4 is 5.32 Å². The van der Waals surface area contributed by atoms with E-state index in [9.17, 15) is 13.2 Å². The van der Waals surface area contributed by atoms with Crippen LogP contribution in [-0.4, -0.2) is 38.0 Å². The van der Waals surface area contributed by atoms with Gasteiger partial charge in [-0.25, -0.2) is 8.42 Å². The van der Waals surface area contributed by atoms with Crippen molar-refractivity contribution in [2.24, 2.45) is 0 Å². The van der Waals surface area contributed by atoms with Gasteiger partial charge in [0.15, 0.2) is 0 Å². The summed E-state index contributed by atoms with van der Waals surface area (Å²) in [6, 6.07) is 14.2. The SMILES string of the molecule is CCN(CC)S(=O)(=O)c1cccc(NC(=O)/C=C/c2ccc(SC)cc2)c1. The molecule has 0 aromatic heterocycles. The summed E-state index contributed by atoms with van der Waals surface area (Å²) >= 11 is 1.66. The first-order valence-corrected chi connectivity index (χ1v) is 11.3. The van der Waals surface area contributed by atoms with Crippen LogP contribution in [0.5, 0.6) is 0 Å². The molecule has 0 heterocycles. The van der Waals surface area contributed by atoms with Crippen LogP contribution in [0.2, 0.25) is 0 Å². The number of amides is 1. The Morgan fingerprint density at radius 3 is 2.37 bits per heavy atom. The Hall–Kier alpha value is -2.09. The summed E-state index contributed by atoms with van der Waals surface area (Å²) in [6.45, 7) is 4.38. The number of hydrogen-bond donors (Lipinski definition) is 1. The molecule has 0 aliphatic carbocycles. The molecule has 0 radical (unpaired) electrons. The standard InChI is InChI=1S/C20H24N2O3S2/c1-4-22(5-2)27(24,25)19-8-6-7-17(15-19)21-20(23)14-11-16-9-12-18(26-3)13-10-16/h6-15H,4-5H2,1-3H3,(H,21,23)/b14-11+. The first-order chi connectivity index (χ1) is 12.9. The third kappa shape index (κ3) is 5.69. The minimum atomic E-state index is -3.56. The summed E-state index contributed by atoms with van der Waals surface area (Å²) in [5.74, 6) is -0.318. The largest absolute Gasteiger partial charge is 0.322 e. The zero-order valence-corrected chi connectivity index (χ0v) is 17.3. The number of thioether (sulfide) groups is 1. The van der Waals surface area contributed by atoms with E-state index in [1.54, 1.807) is 43.8 Å². The van der Waals surface area contributed by atoms with E-state index >= 15 is 0 Å². The third-order valence-electron chi connectivity index (χ3n) is 3.99. The average molecular weight is 405 g/mol. The molecule has 1 N–H and O–H groups in total.